The Balaban J connectivity index is 1.66. The van der Waals surface area contributed by atoms with E-state index >= 15 is 0 Å². The number of nitrogens with zero attached hydrogens (tertiary/aromatic N) is 3. The number of nitrogens with one attached hydrogen (secondary N) is 2. The lowest BCUT2D eigenvalue weighted by Crippen LogP contribution is -2.31. The van der Waals surface area contributed by atoms with E-state index in [9.17, 15) is 4.79 Å². The third-order valence-corrected chi connectivity index (χ3v) is 5.59. The molecule has 9 heteroatoms. The second-order valence-corrected chi connectivity index (χ2v) is 8.04. The molecule has 0 aliphatic heterocycles. The van der Waals surface area contributed by atoms with Crippen LogP contribution in [0, 0.1) is 0 Å². The van der Waals surface area contributed by atoms with Gasteiger partial charge in [0.25, 0.3) is 5.91 Å². The Hall–Kier alpha value is -3.59. The van der Waals surface area contributed by atoms with Gasteiger partial charge >= 0.3 is 0 Å². The number of H-pyrrole nitrogens is 1. The van der Waals surface area contributed by atoms with Gasteiger partial charge in [0.15, 0.2) is 0 Å². The summed E-state index contributed by atoms with van der Waals surface area (Å²) in [6.45, 7) is 0. The van der Waals surface area contributed by atoms with Crippen LogP contribution in [-0.4, -0.2) is 39.9 Å². The summed E-state index contributed by atoms with van der Waals surface area (Å²) in [5.74, 6) is 1.59. The normalized spacial score (nSPS) is 11.8. The van der Waals surface area contributed by atoms with Crippen molar-refractivity contribution in [1.82, 2.24) is 25.1 Å². The predicted octanol–water partition coefficient (Wildman–Crippen LogP) is 4.11. The highest BCUT2D eigenvalue weighted by atomic mass is 79.9. The lowest BCUT2D eigenvalue weighted by Gasteiger charge is -2.20. The lowest BCUT2D eigenvalue weighted by molar-refractivity contribution is 0.0936. The Morgan fingerprint density at radius 2 is 1.78 bits per heavy atom. The molecule has 0 fully saturated rings. The van der Waals surface area contributed by atoms with Crippen molar-refractivity contribution in [3.8, 4) is 22.8 Å². The Morgan fingerprint density at radius 1 is 1.09 bits per heavy atom. The summed E-state index contributed by atoms with van der Waals surface area (Å²) in [5, 5.41) is 10.2. The van der Waals surface area contributed by atoms with E-state index < -0.39 is 6.04 Å². The molecule has 1 unspecified atom stereocenters. The number of imidazole rings is 1. The van der Waals surface area contributed by atoms with Crippen molar-refractivity contribution in [2.75, 3.05) is 14.2 Å². The topological polar surface area (TPSA) is 94.1 Å². The minimum atomic E-state index is -0.536. The van der Waals surface area contributed by atoms with E-state index in [1.807, 2.05) is 54.2 Å². The average Bonchev–Trinajstić information content (AvgIpc) is 3.47. The summed E-state index contributed by atoms with van der Waals surface area (Å²) in [4.78, 5) is 17.6. The van der Waals surface area contributed by atoms with Gasteiger partial charge in [0.1, 0.15) is 29.1 Å². The van der Waals surface area contributed by atoms with Gasteiger partial charge in [-0.05, 0) is 35.9 Å². The van der Waals surface area contributed by atoms with E-state index in [2.05, 4.69) is 36.4 Å². The number of methoxy groups -OCH3 is 2. The van der Waals surface area contributed by atoms with Gasteiger partial charge in [0, 0.05) is 35.5 Å². The van der Waals surface area contributed by atoms with Crippen LogP contribution in [0.5, 0.6) is 11.5 Å². The first-order chi connectivity index (χ1) is 15.5. The molecule has 0 saturated heterocycles. The summed E-state index contributed by atoms with van der Waals surface area (Å²) in [6.07, 6.45) is 3.52. The van der Waals surface area contributed by atoms with Crippen LogP contribution in [0.4, 0.5) is 0 Å². The first kappa shape index (κ1) is 21.6. The fourth-order valence-corrected chi connectivity index (χ4v) is 3.63. The third-order valence-electron chi connectivity index (χ3n) is 5.06. The van der Waals surface area contributed by atoms with Gasteiger partial charge in [-0.25, -0.2) is 4.98 Å². The lowest BCUT2D eigenvalue weighted by atomic mass is 10.0. The van der Waals surface area contributed by atoms with Crippen LogP contribution >= 0.6 is 15.9 Å². The number of rotatable bonds is 7. The predicted molar refractivity (Wildman–Crippen MR) is 124 cm³/mol. The largest absolute Gasteiger partial charge is 0.497 e. The maximum Gasteiger partial charge on any atom is 0.270 e. The Kier molecular flexibility index (Phi) is 6.27. The molecule has 0 spiro atoms. The molecule has 2 heterocycles. The van der Waals surface area contributed by atoms with Crippen LogP contribution in [0.25, 0.3) is 11.3 Å². The monoisotopic (exact) mass is 495 g/mol. The highest BCUT2D eigenvalue weighted by Crippen LogP contribution is 2.30. The van der Waals surface area contributed by atoms with E-state index in [4.69, 9.17) is 9.47 Å². The first-order valence-electron chi connectivity index (χ1n) is 9.81. The number of aryl methyl sites for hydroxylation is 1. The Morgan fingerprint density at radius 3 is 2.38 bits per heavy atom. The number of carbonyl (C=O) groups is 1. The summed E-state index contributed by atoms with van der Waals surface area (Å²) in [7, 11) is 5.04. The Labute approximate surface area is 193 Å². The molecule has 4 rings (SSSR count). The van der Waals surface area contributed by atoms with Gasteiger partial charge in [-0.2, -0.15) is 5.10 Å². The molecular formula is C23H22BrN5O3. The molecule has 32 heavy (non-hydrogen) atoms. The molecule has 8 nitrogen and oxygen atoms in total. The van der Waals surface area contributed by atoms with Gasteiger partial charge < -0.3 is 19.4 Å². The second kappa shape index (κ2) is 9.27. The van der Waals surface area contributed by atoms with Crippen LogP contribution < -0.4 is 14.8 Å². The van der Waals surface area contributed by atoms with Gasteiger partial charge in [0.05, 0.1) is 19.9 Å². The number of benzene rings is 2. The zero-order chi connectivity index (χ0) is 22.7. The van der Waals surface area contributed by atoms with Gasteiger partial charge in [-0.3, -0.25) is 9.89 Å². The van der Waals surface area contributed by atoms with Crippen LogP contribution in [0.1, 0.15) is 27.9 Å². The van der Waals surface area contributed by atoms with Crippen molar-refractivity contribution in [2.24, 2.45) is 7.05 Å². The summed E-state index contributed by atoms with van der Waals surface area (Å²) in [6, 6.07) is 14.4. The number of hydrogen-bond acceptors (Lipinski definition) is 5. The second-order valence-electron chi connectivity index (χ2n) is 7.12. The van der Waals surface area contributed by atoms with E-state index in [1.165, 1.54) is 0 Å². The smallest absolute Gasteiger partial charge is 0.270 e. The highest BCUT2D eigenvalue weighted by Gasteiger charge is 2.24. The zero-order valence-electron chi connectivity index (χ0n) is 17.8. The van der Waals surface area contributed by atoms with E-state index in [0.29, 0.717) is 28.7 Å². The molecule has 2 N–H and O–H groups in total. The van der Waals surface area contributed by atoms with Crippen molar-refractivity contribution in [1.29, 1.82) is 0 Å². The van der Waals surface area contributed by atoms with Crippen LogP contribution in [0.3, 0.4) is 0 Å². The van der Waals surface area contributed by atoms with Gasteiger partial charge in [-0.1, -0.05) is 28.1 Å². The molecule has 0 aliphatic carbocycles. The molecule has 2 aromatic heterocycles. The number of amides is 1. The molecular weight excluding hydrogens is 474 g/mol. The SMILES string of the molecule is COc1cc(OC)cc(C(NC(=O)c2cc(-c3ccc(Br)cc3)n[nH]2)c2nccn2C)c1. The zero-order valence-corrected chi connectivity index (χ0v) is 19.4. The first-order valence-corrected chi connectivity index (χ1v) is 10.6. The molecule has 0 saturated carbocycles. The Bertz CT molecular complexity index is 1210. The van der Waals surface area contributed by atoms with Crippen LogP contribution in [-0.2, 0) is 7.05 Å². The number of aromatic nitrogens is 4. The molecule has 4 aromatic rings. The standard InChI is InChI=1S/C23H22BrN5O3/c1-29-9-8-25-22(29)21(15-10-17(31-2)12-18(11-15)32-3)26-23(30)20-13-19(27-28-20)14-4-6-16(24)7-5-14/h4-13,21H,1-3H3,(H,26,30)(H,27,28). The summed E-state index contributed by atoms with van der Waals surface area (Å²) >= 11 is 3.42. The van der Waals surface area contributed by atoms with E-state index in [0.717, 1.165) is 15.6 Å². The van der Waals surface area contributed by atoms with Crippen molar-refractivity contribution in [3.05, 3.63) is 82.5 Å². The van der Waals surface area contributed by atoms with E-state index in [-0.39, 0.29) is 5.91 Å². The molecule has 164 valence electrons. The number of hydrogen-bond donors (Lipinski definition) is 2. The fraction of sp³-hybridized carbons (Fsp3) is 0.174. The van der Waals surface area contributed by atoms with E-state index in [1.54, 1.807) is 32.5 Å². The minimum absolute atomic E-state index is 0.310. The van der Waals surface area contributed by atoms with Crippen LogP contribution in [0.15, 0.2) is 65.4 Å². The molecule has 2 aromatic carbocycles. The number of carbonyl (C=O) groups excluding carboxylic acids is 1. The van der Waals surface area contributed by atoms with Crippen molar-refractivity contribution < 1.29 is 14.3 Å². The molecule has 0 radical (unpaired) electrons. The summed E-state index contributed by atoms with van der Waals surface area (Å²) in [5.41, 5.74) is 2.70. The number of halogens is 1. The fourth-order valence-electron chi connectivity index (χ4n) is 3.36. The van der Waals surface area contributed by atoms with Crippen molar-refractivity contribution in [2.45, 2.75) is 6.04 Å². The molecule has 0 bridgehead atoms. The van der Waals surface area contributed by atoms with Gasteiger partial charge in [-0.15, -0.1) is 0 Å². The number of ether oxygens (including phenoxy) is 2. The average molecular weight is 496 g/mol. The van der Waals surface area contributed by atoms with Crippen LogP contribution in [0.2, 0.25) is 0 Å². The van der Waals surface area contributed by atoms with Crippen molar-refractivity contribution in [3.63, 3.8) is 0 Å². The third kappa shape index (κ3) is 4.52. The maximum atomic E-state index is 13.2. The number of aromatic amines is 1. The highest BCUT2D eigenvalue weighted by molar-refractivity contribution is 9.10. The molecule has 0 aliphatic rings. The molecule has 1 atom stereocenters. The summed E-state index contributed by atoms with van der Waals surface area (Å²) < 4.78 is 13.6. The van der Waals surface area contributed by atoms with Crippen molar-refractivity contribution >= 4 is 21.8 Å². The quantitative estimate of drug-likeness (QED) is 0.402. The minimum Gasteiger partial charge on any atom is -0.497 e. The maximum absolute atomic E-state index is 13.2. The molecule has 1 amide bonds. The van der Waals surface area contributed by atoms with Gasteiger partial charge in [0.2, 0.25) is 0 Å².